The largest absolute Gasteiger partial charge is 0.293 e. The fraction of sp³-hybridized carbons (Fsp3) is 0.130. The molecule has 2 aromatic heterocycles. The first kappa shape index (κ1) is 20.0. The lowest BCUT2D eigenvalue weighted by Crippen LogP contribution is -2.14. The van der Waals surface area contributed by atoms with Gasteiger partial charge in [-0.05, 0) is 50.2 Å². The number of nitrogens with zero attached hydrogens (tertiary/aromatic N) is 4. The van der Waals surface area contributed by atoms with Crippen molar-refractivity contribution in [3.63, 3.8) is 0 Å². The van der Waals surface area contributed by atoms with E-state index in [0.29, 0.717) is 22.2 Å². The highest BCUT2D eigenvalue weighted by Gasteiger charge is 2.22. The molecule has 0 spiro atoms. The third-order valence-electron chi connectivity index (χ3n) is 4.64. The molecule has 4 aromatic rings. The van der Waals surface area contributed by atoms with Crippen molar-refractivity contribution in [3.8, 4) is 17.1 Å². The SMILES string of the molecule is Cc1ccc(C(=O)C(C)Sc2nnc(-c3ccncc3)n2-c2ccc(F)cc2)cc1. The Hall–Kier alpha value is -3.32. The molecule has 0 fully saturated rings. The molecule has 0 saturated carbocycles. The zero-order valence-corrected chi connectivity index (χ0v) is 17.3. The summed E-state index contributed by atoms with van der Waals surface area (Å²) < 4.78 is 15.3. The summed E-state index contributed by atoms with van der Waals surface area (Å²) in [6.45, 7) is 3.83. The van der Waals surface area contributed by atoms with Crippen molar-refractivity contribution >= 4 is 17.5 Å². The summed E-state index contributed by atoms with van der Waals surface area (Å²) in [4.78, 5) is 16.9. The fourth-order valence-electron chi connectivity index (χ4n) is 3.02. The van der Waals surface area contributed by atoms with Crippen molar-refractivity contribution in [2.45, 2.75) is 24.3 Å². The second-order valence-corrected chi connectivity index (χ2v) is 8.15. The van der Waals surface area contributed by atoms with E-state index in [2.05, 4.69) is 15.2 Å². The zero-order chi connectivity index (χ0) is 21.1. The van der Waals surface area contributed by atoms with Crippen LogP contribution in [0.2, 0.25) is 0 Å². The molecule has 0 aliphatic heterocycles. The molecular formula is C23H19FN4OS. The van der Waals surface area contributed by atoms with Gasteiger partial charge < -0.3 is 0 Å². The van der Waals surface area contributed by atoms with E-state index in [1.807, 2.05) is 54.8 Å². The van der Waals surface area contributed by atoms with Gasteiger partial charge in [0.1, 0.15) is 5.82 Å². The van der Waals surface area contributed by atoms with Crippen LogP contribution in [0.4, 0.5) is 4.39 Å². The van der Waals surface area contributed by atoms with E-state index in [9.17, 15) is 9.18 Å². The zero-order valence-electron chi connectivity index (χ0n) is 16.5. The minimum atomic E-state index is -0.374. The summed E-state index contributed by atoms with van der Waals surface area (Å²) in [5, 5.41) is 8.86. The lowest BCUT2D eigenvalue weighted by atomic mass is 10.1. The maximum absolute atomic E-state index is 13.5. The molecule has 2 aromatic carbocycles. The standard InChI is InChI=1S/C23H19FN4OS/c1-15-3-5-17(6-4-15)21(29)16(2)30-23-27-26-22(18-11-13-25-14-12-18)28(23)20-9-7-19(24)8-10-20/h3-14,16H,1-2H3. The van der Waals surface area contributed by atoms with Crippen LogP contribution in [0.25, 0.3) is 17.1 Å². The smallest absolute Gasteiger partial charge is 0.196 e. The number of aryl methyl sites for hydroxylation is 1. The minimum Gasteiger partial charge on any atom is -0.293 e. The van der Waals surface area contributed by atoms with Gasteiger partial charge in [-0.1, -0.05) is 41.6 Å². The minimum absolute atomic E-state index is 0.0131. The number of halogens is 1. The molecular weight excluding hydrogens is 399 g/mol. The molecule has 0 amide bonds. The fourth-order valence-corrected chi connectivity index (χ4v) is 3.97. The molecule has 1 atom stereocenters. The molecule has 0 radical (unpaired) electrons. The number of rotatable bonds is 6. The van der Waals surface area contributed by atoms with E-state index in [0.717, 1.165) is 11.1 Å². The van der Waals surface area contributed by atoms with Gasteiger partial charge in [0.25, 0.3) is 0 Å². The number of aromatic nitrogens is 4. The maximum atomic E-state index is 13.5. The number of carbonyl (C=O) groups excluding carboxylic acids is 1. The van der Waals surface area contributed by atoms with E-state index in [-0.39, 0.29) is 16.9 Å². The molecule has 0 aliphatic rings. The quantitative estimate of drug-likeness (QED) is 0.320. The molecule has 7 heteroatoms. The highest BCUT2D eigenvalue weighted by atomic mass is 32.2. The lowest BCUT2D eigenvalue weighted by Gasteiger charge is -2.13. The first-order valence-electron chi connectivity index (χ1n) is 9.42. The summed E-state index contributed by atoms with van der Waals surface area (Å²) in [5.74, 6) is 0.287. The van der Waals surface area contributed by atoms with Gasteiger partial charge in [0.05, 0.1) is 5.25 Å². The van der Waals surface area contributed by atoms with Gasteiger partial charge in [-0.2, -0.15) is 0 Å². The second kappa shape index (κ2) is 8.59. The van der Waals surface area contributed by atoms with Gasteiger partial charge in [-0.15, -0.1) is 10.2 Å². The van der Waals surface area contributed by atoms with Crippen LogP contribution < -0.4 is 0 Å². The first-order chi connectivity index (χ1) is 14.5. The summed E-state index contributed by atoms with van der Waals surface area (Å²) >= 11 is 1.32. The molecule has 0 N–H and O–H groups in total. The number of hydrogen-bond donors (Lipinski definition) is 0. The van der Waals surface area contributed by atoms with Crippen LogP contribution in [0.15, 0.2) is 78.2 Å². The van der Waals surface area contributed by atoms with E-state index in [1.165, 1.54) is 23.9 Å². The number of carbonyl (C=O) groups is 1. The maximum Gasteiger partial charge on any atom is 0.196 e. The predicted molar refractivity (Wildman–Crippen MR) is 115 cm³/mol. The van der Waals surface area contributed by atoms with Gasteiger partial charge in [-0.3, -0.25) is 14.3 Å². The summed E-state index contributed by atoms with van der Waals surface area (Å²) in [6.07, 6.45) is 3.35. The summed E-state index contributed by atoms with van der Waals surface area (Å²) in [6, 6.07) is 17.3. The Morgan fingerprint density at radius 1 is 0.967 bits per heavy atom. The number of ketones is 1. The molecule has 30 heavy (non-hydrogen) atoms. The molecule has 0 aliphatic carbocycles. The average Bonchev–Trinajstić information content (AvgIpc) is 3.18. The first-order valence-corrected chi connectivity index (χ1v) is 10.3. The van der Waals surface area contributed by atoms with Gasteiger partial charge >= 0.3 is 0 Å². The van der Waals surface area contributed by atoms with Crippen LogP contribution in [-0.2, 0) is 0 Å². The van der Waals surface area contributed by atoms with Crippen molar-refractivity contribution < 1.29 is 9.18 Å². The third-order valence-corrected chi connectivity index (χ3v) is 5.69. The van der Waals surface area contributed by atoms with Gasteiger partial charge in [0.2, 0.25) is 0 Å². The molecule has 4 rings (SSSR count). The Labute approximate surface area is 178 Å². The molecule has 0 saturated heterocycles. The van der Waals surface area contributed by atoms with Crippen LogP contribution in [-0.4, -0.2) is 30.8 Å². The van der Waals surface area contributed by atoms with Gasteiger partial charge in [0, 0.05) is 29.2 Å². The molecule has 150 valence electrons. The van der Waals surface area contributed by atoms with Crippen molar-refractivity contribution in [2.75, 3.05) is 0 Å². The van der Waals surface area contributed by atoms with E-state index < -0.39 is 0 Å². The Bertz CT molecular complexity index is 1160. The van der Waals surface area contributed by atoms with Crippen LogP contribution >= 0.6 is 11.8 Å². The number of thioether (sulfide) groups is 1. The van der Waals surface area contributed by atoms with Crippen molar-refractivity contribution in [1.29, 1.82) is 0 Å². The average molecular weight is 418 g/mol. The number of hydrogen-bond acceptors (Lipinski definition) is 5. The molecule has 0 bridgehead atoms. The lowest BCUT2D eigenvalue weighted by molar-refractivity contribution is 0.0994. The molecule has 2 heterocycles. The van der Waals surface area contributed by atoms with Gasteiger partial charge in [0.15, 0.2) is 16.8 Å². The monoisotopic (exact) mass is 418 g/mol. The Morgan fingerprint density at radius 3 is 2.30 bits per heavy atom. The van der Waals surface area contributed by atoms with E-state index in [4.69, 9.17) is 0 Å². The molecule has 1 unspecified atom stereocenters. The van der Waals surface area contributed by atoms with Crippen molar-refractivity contribution in [1.82, 2.24) is 19.7 Å². The normalized spacial score (nSPS) is 12.0. The number of benzene rings is 2. The molecule has 5 nitrogen and oxygen atoms in total. The van der Waals surface area contributed by atoms with Crippen LogP contribution in [0, 0.1) is 12.7 Å². The van der Waals surface area contributed by atoms with Crippen LogP contribution in [0.3, 0.4) is 0 Å². The second-order valence-electron chi connectivity index (χ2n) is 6.84. The number of pyridine rings is 1. The predicted octanol–water partition coefficient (Wildman–Crippen LogP) is 5.14. The summed E-state index contributed by atoms with van der Waals surface area (Å²) in [7, 11) is 0. The Morgan fingerprint density at radius 2 is 1.63 bits per heavy atom. The van der Waals surface area contributed by atoms with Crippen LogP contribution in [0.5, 0.6) is 0 Å². The van der Waals surface area contributed by atoms with E-state index in [1.54, 1.807) is 24.5 Å². The number of Topliss-reactive ketones (excluding diaryl/α,β-unsaturated/α-hetero) is 1. The van der Waals surface area contributed by atoms with E-state index >= 15 is 0 Å². The Balaban J connectivity index is 1.71. The van der Waals surface area contributed by atoms with Gasteiger partial charge in [-0.25, -0.2) is 4.39 Å². The Kier molecular flexibility index (Phi) is 5.72. The third kappa shape index (κ3) is 4.16. The van der Waals surface area contributed by atoms with Crippen molar-refractivity contribution in [2.24, 2.45) is 0 Å². The topological polar surface area (TPSA) is 60.7 Å². The highest BCUT2D eigenvalue weighted by molar-refractivity contribution is 8.00. The summed E-state index contributed by atoms with van der Waals surface area (Å²) in [5.41, 5.74) is 3.30. The highest BCUT2D eigenvalue weighted by Crippen LogP contribution is 2.31. The van der Waals surface area contributed by atoms with Crippen LogP contribution in [0.1, 0.15) is 22.8 Å². The van der Waals surface area contributed by atoms with Crippen molar-refractivity contribution in [3.05, 3.63) is 90.0 Å².